The SMILES string of the molecule is C=C[C@@H](O)C(NS(=O)(=O)c1ccc(Cl)s1)[C@@H](C)CC. The van der Waals surface area contributed by atoms with E-state index in [1.165, 1.54) is 18.2 Å². The molecule has 0 aromatic carbocycles. The molecule has 19 heavy (non-hydrogen) atoms. The molecule has 1 rings (SSSR count). The molecule has 0 radical (unpaired) electrons. The van der Waals surface area contributed by atoms with Crippen molar-refractivity contribution < 1.29 is 13.5 Å². The van der Waals surface area contributed by atoms with Crippen LogP contribution < -0.4 is 4.72 Å². The molecular formula is C12H18ClNO3S2. The van der Waals surface area contributed by atoms with Crippen LogP contribution in [0.2, 0.25) is 4.34 Å². The fourth-order valence-corrected chi connectivity index (χ4v) is 4.46. The van der Waals surface area contributed by atoms with Crippen molar-refractivity contribution in [2.45, 2.75) is 36.6 Å². The third-order valence-corrected chi connectivity index (χ3v) is 6.15. The Morgan fingerprint density at radius 2 is 2.21 bits per heavy atom. The van der Waals surface area contributed by atoms with E-state index in [2.05, 4.69) is 11.3 Å². The van der Waals surface area contributed by atoms with Gasteiger partial charge in [0.2, 0.25) is 10.0 Å². The van der Waals surface area contributed by atoms with Gasteiger partial charge in [-0.2, -0.15) is 0 Å². The van der Waals surface area contributed by atoms with Crippen LogP contribution >= 0.6 is 22.9 Å². The van der Waals surface area contributed by atoms with Gasteiger partial charge in [-0.05, 0) is 18.1 Å². The van der Waals surface area contributed by atoms with Crippen LogP contribution in [0.4, 0.5) is 0 Å². The zero-order valence-corrected chi connectivity index (χ0v) is 13.2. The number of rotatable bonds is 7. The summed E-state index contributed by atoms with van der Waals surface area (Å²) in [5.74, 6) is -0.0155. The molecule has 4 nitrogen and oxygen atoms in total. The monoisotopic (exact) mass is 323 g/mol. The summed E-state index contributed by atoms with van der Waals surface area (Å²) in [6.07, 6.45) is 1.14. The Morgan fingerprint density at radius 3 is 2.63 bits per heavy atom. The summed E-state index contributed by atoms with van der Waals surface area (Å²) < 4.78 is 27.5. The maximum absolute atomic E-state index is 12.2. The normalized spacial score (nSPS) is 16.8. The maximum Gasteiger partial charge on any atom is 0.250 e. The van der Waals surface area contributed by atoms with Gasteiger partial charge >= 0.3 is 0 Å². The molecule has 0 spiro atoms. The first-order valence-electron chi connectivity index (χ1n) is 5.90. The lowest BCUT2D eigenvalue weighted by atomic mass is 9.95. The van der Waals surface area contributed by atoms with Gasteiger partial charge in [-0.25, -0.2) is 13.1 Å². The second kappa shape index (κ2) is 6.85. The number of sulfonamides is 1. The van der Waals surface area contributed by atoms with E-state index < -0.39 is 22.2 Å². The highest BCUT2D eigenvalue weighted by Crippen LogP contribution is 2.26. The van der Waals surface area contributed by atoms with Crippen LogP contribution in [0, 0.1) is 5.92 Å². The summed E-state index contributed by atoms with van der Waals surface area (Å²) >= 11 is 6.73. The molecule has 0 saturated heterocycles. The first kappa shape index (κ1) is 16.7. The first-order chi connectivity index (χ1) is 8.81. The molecule has 0 aliphatic heterocycles. The van der Waals surface area contributed by atoms with Crippen molar-refractivity contribution in [2.24, 2.45) is 5.92 Å². The number of nitrogens with one attached hydrogen (secondary N) is 1. The van der Waals surface area contributed by atoms with Gasteiger partial charge in [0.1, 0.15) is 4.21 Å². The van der Waals surface area contributed by atoms with E-state index in [0.717, 1.165) is 17.8 Å². The van der Waals surface area contributed by atoms with Gasteiger partial charge in [0, 0.05) is 0 Å². The van der Waals surface area contributed by atoms with Crippen LogP contribution in [0.3, 0.4) is 0 Å². The zero-order valence-electron chi connectivity index (χ0n) is 10.8. The topological polar surface area (TPSA) is 66.4 Å². The van der Waals surface area contributed by atoms with Gasteiger partial charge in [-0.15, -0.1) is 17.9 Å². The third kappa shape index (κ3) is 4.29. The van der Waals surface area contributed by atoms with Crippen molar-refractivity contribution in [3.8, 4) is 0 Å². The second-order valence-electron chi connectivity index (χ2n) is 4.32. The van der Waals surface area contributed by atoms with Crippen LogP contribution in [0.5, 0.6) is 0 Å². The van der Waals surface area contributed by atoms with E-state index in [9.17, 15) is 13.5 Å². The fraction of sp³-hybridized carbons (Fsp3) is 0.500. The lowest BCUT2D eigenvalue weighted by Gasteiger charge is -2.26. The van der Waals surface area contributed by atoms with Gasteiger partial charge in [-0.3, -0.25) is 0 Å². The smallest absolute Gasteiger partial charge is 0.250 e. The Kier molecular flexibility index (Phi) is 6.01. The van der Waals surface area contributed by atoms with Gasteiger partial charge < -0.3 is 5.11 Å². The van der Waals surface area contributed by atoms with Crippen LogP contribution in [0.15, 0.2) is 29.0 Å². The summed E-state index contributed by atoms with van der Waals surface area (Å²) in [4.78, 5) is 0. The minimum absolute atomic E-state index is 0.0155. The largest absolute Gasteiger partial charge is 0.387 e. The van der Waals surface area contributed by atoms with E-state index >= 15 is 0 Å². The van der Waals surface area contributed by atoms with E-state index in [1.807, 2.05) is 13.8 Å². The molecule has 7 heteroatoms. The number of halogens is 1. The first-order valence-corrected chi connectivity index (χ1v) is 8.57. The van der Waals surface area contributed by atoms with Crippen LogP contribution in [0.25, 0.3) is 0 Å². The third-order valence-electron chi connectivity index (χ3n) is 2.97. The minimum Gasteiger partial charge on any atom is -0.387 e. The number of hydrogen-bond acceptors (Lipinski definition) is 4. The standard InChI is InChI=1S/C12H18ClNO3S2/c1-4-8(3)12(9(15)5-2)14-19(16,17)11-7-6-10(13)18-11/h5-9,12,14-15H,2,4H2,1,3H3/t8-,9+,12?/m0/s1. The van der Waals surface area contributed by atoms with E-state index in [-0.39, 0.29) is 10.1 Å². The molecular weight excluding hydrogens is 306 g/mol. The average molecular weight is 324 g/mol. The highest BCUT2D eigenvalue weighted by Gasteiger charge is 2.28. The lowest BCUT2D eigenvalue weighted by molar-refractivity contribution is 0.153. The average Bonchev–Trinajstić information content (AvgIpc) is 2.81. The Balaban J connectivity index is 2.98. The van der Waals surface area contributed by atoms with Crippen molar-refractivity contribution in [1.82, 2.24) is 4.72 Å². The molecule has 0 bridgehead atoms. The van der Waals surface area contributed by atoms with E-state index in [4.69, 9.17) is 11.6 Å². The van der Waals surface area contributed by atoms with E-state index in [1.54, 1.807) is 0 Å². The van der Waals surface area contributed by atoms with Crippen LogP contribution in [-0.4, -0.2) is 25.7 Å². The number of thiophene rings is 1. The molecule has 0 amide bonds. The van der Waals surface area contributed by atoms with Crippen LogP contribution in [0.1, 0.15) is 20.3 Å². The number of hydrogen-bond donors (Lipinski definition) is 2. The van der Waals surface area contributed by atoms with Gasteiger partial charge in [0.05, 0.1) is 16.5 Å². The van der Waals surface area contributed by atoms with Gasteiger partial charge in [0.25, 0.3) is 0 Å². The fourth-order valence-electron chi connectivity index (χ4n) is 1.60. The van der Waals surface area contributed by atoms with Gasteiger partial charge in [-0.1, -0.05) is 37.9 Å². The van der Waals surface area contributed by atoms with Crippen molar-refractivity contribution in [2.75, 3.05) is 0 Å². The molecule has 0 aliphatic rings. The number of aliphatic hydroxyl groups excluding tert-OH is 1. The molecule has 1 aromatic heterocycles. The summed E-state index contributed by atoms with van der Waals surface area (Å²) in [5.41, 5.74) is 0. The summed E-state index contributed by atoms with van der Waals surface area (Å²) in [7, 11) is -3.67. The highest BCUT2D eigenvalue weighted by molar-refractivity contribution is 7.91. The zero-order chi connectivity index (χ0) is 14.6. The molecule has 0 aliphatic carbocycles. The predicted octanol–water partition coefficient (Wildman–Crippen LogP) is 2.64. The minimum atomic E-state index is -3.67. The molecule has 1 unspecified atom stereocenters. The second-order valence-corrected chi connectivity index (χ2v) is 7.97. The molecule has 2 N–H and O–H groups in total. The van der Waals surface area contributed by atoms with E-state index in [0.29, 0.717) is 4.34 Å². The molecule has 0 saturated carbocycles. The van der Waals surface area contributed by atoms with Crippen molar-refractivity contribution in [1.29, 1.82) is 0 Å². The molecule has 3 atom stereocenters. The Hall–Kier alpha value is -0.400. The van der Waals surface area contributed by atoms with Crippen molar-refractivity contribution in [3.63, 3.8) is 0 Å². The summed E-state index contributed by atoms with van der Waals surface area (Å²) in [6.45, 7) is 7.31. The van der Waals surface area contributed by atoms with Crippen molar-refractivity contribution >= 4 is 33.0 Å². The van der Waals surface area contributed by atoms with Crippen molar-refractivity contribution in [3.05, 3.63) is 29.1 Å². The van der Waals surface area contributed by atoms with Gasteiger partial charge in [0.15, 0.2) is 0 Å². The molecule has 108 valence electrons. The number of aliphatic hydroxyl groups is 1. The quantitative estimate of drug-likeness (QED) is 0.758. The molecule has 1 heterocycles. The Labute approximate surface area is 123 Å². The maximum atomic E-state index is 12.2. The summed E-state index contributed by atoms with van der Waals surface area (Å²) in [6, 6.07) is 2.38. The Bertz CT molecular complexity index is 527. The Morgan fingerprint density at radius 1 is 1.58 bits per heavy atom. The highest BCUT2D eigenvalue weighted by atomic mass is 35.5. The molecule has 0 fully saturated rings. The lowest BCUT2D eigenvalue weighted by Crippen LogP contribution is -2.46. The molecule has 1 aromatic rings. The summed E-state index contributed by atoms with van der Waals surface area (Å²) in [5, 5.41) is 9.87. The van der Waals surface area contributed by atoms with Crippen LogP contribution in [-0.2, 0) is 10.0 Å². The predicted molar refractivity (Wildman–Crippen MR) is 79.1 cm³/mol.